The van der Waals surface area contributed by atoms with Crippen molar-refractivity contribution in [1.29, 1.82) is 0 Å². The minimum Gasteiger partial charge on any atom is -0.415 e. The van der Waals surface area contributed by atoms with Gasteiger partial charge < -0.3 is 14.3 Å². The molecule has 0 radical (unpaired) electrons. The molecular formula is C21H19FN4O2S. The molecule has 4 rings (SSSR count). The van der Waals surface area contributed by atoms with Crippen molar-refractivity contribution in [2.24, 2.45) is 0 Å². The molecule has 1 aromatic carbocycles. The van der Waals surface area contributed by atoms with Crippen LogP contribution in [0.3, 0.4) is 0 Å². The molecule has 0 aliphatic carbocycles. The molecule has 0 saturated heterocycles. The van der Waals surface area contributed by atoms with Gasteiger partial charge in [0.05, 0.1) is 10.4 Å². The number of hydrogen-bond acceptors (Lipinski definition) is 5. The maximum atomic E-state index is 13.7. The van der Waals surface area contributed by atoms with Crippen molar-refractivity contribution < 1.29 is 13.6 Å². The Morgan fingerprint density at radius 1 is 1.17 bits per heavy atom. The summed E-state index contributed by atoms with van der Waals surface area (Å²) in [5, 5.41) is 13.0. The van der Waals surface area contributed by atoms with Gasteiger partial charge in [0.2, 0.25) is 11.8 Å². The number of nitrogens with one attached hydrogen (secondary N) is 1. The molecule has 0 bridgehead atoms. The third-order valence-electron chi connectivity index (χ3n) is 4.70. The molecule has 0 atom stereocenters. The standard InChI is InChI=1S/C21H19FN4O2S/c1-13-10-16(20-24-25-21(28-20)18-8-5-9-29-18)14(2)26(13)12-19(27)23-11-15-6-3-4-7-17(15)22/h3-10H,11-12H2,1-2H3,(H,23,27). The normalized spacial score (nSPS) is 11.0. The first kappa shape index (κ1) is 19.1. The molecule has 3 aromatic heterocycles. The zero-order valence-electron chi connectivity index (χ0n) is 16.0. The molecule has 0 unspecified atom stereocenters. The second-order valence-corrected chi connectivity index (χ2v) is 7.58. The molecule has 8 heteroatoms. The van der Waals surface area contributed by atoms with Gasteiger partial charge in [-0.05, 0) is 37.4 Å². The highest BCUT2D eigenvalue weighted by atomic mass is 32.1. The SMILES string of the molecule is Cc1cc(-c2nnc(-c3cccs3)o2)c(C)n1CC(=O)NCc1ccccc1F. The summed E-state index contributed by atoms with van der Waals surface area (Å²) in [6.45, 7) is 4.09. The number of amides is 1. The Balaban J connectivity index is 1.49. The first-order valence-electron chi connectivity index (χ1n) is 9.07. The number of nitrogens with zero attached hydrogens (tertiary/aromatic N) is 3. The van der Waals surface area contributed by atoms with Crippen LogP contribution in [0.2, 0.25) is 0 Å². The highest BCUT2D eigenvalue weighted by Crippen LogP contribution is 2.30. The summed E-state index contributed by atoms with van der Waals surface area (Å²) < 4.78 is 21.4. The third kappa shape index (κ3) is 3.97. The number of carbonyl (C=O) groups is 1. The van der Waals surface area contributed by atoms with Crippen LogP contribution in [0.4, 0.5) is 4.39 Å². The number of thiophene rings is 1. The van der Waals surface area contributed by atoms with Crippen molar-refractivity contribution >= 4 is 17.2 Å². The van der Waals surface area contributed by atoms with E-state index >= 15 is 0 Å². The van der Waals surface area contributed by atoms with E-state index in [9.17, 15) is 9.18 Å². The topological polar surface area (TPSA) is 73.0 Å². The van der Waals surface area contributed by atoms with Crippen LogP contribution in [0.5, 0.6) is 0 Å². The van der Waals surface area contributed by atoms with E-state index in [0.717, 1.165) is 21.8 Å². The van der Waals surface area contributed by atoms with Gasteiger partial charge in [-0.1, -0.05) is 24.3 Å². The average Bonchev–Trinajstić information content (AvgIpc) is 3.44. The summed E-state index contributed by atoms with van der Waals surface area (Å²) in [6, 6.07) is 12.2. The lowest BCUT2D eigenvalue weighted by Gasteiger charge is -2.10. The fourth-order valence-electron chi connectivity index (χ4n) is 3.13. The van der Waals surface area contributed by atoms with Gasteiger partial charge in [-0.25, -0.2) is 4.39 Å². The summed E-state index contributed by atoms with van der Waals surface area (Å²) in [5.74, 6) is 0.356. The minimum atomic E-state index is -0.332. The smallest absolute Gasteiger partial charge is 0.258 e. The predicted octanol–water partition coefficient (Wildman–Crippen LogP) is 4.34. The number of carbonyl (C=O) groups excluding carboxylic acids is 1. The predicted molar refractivity (Wildman–Crippen MR) is 109 cm³/mol. The van der Waals surface area contributed by atoms with Crippen molar-refractivity contribution in [3.05, 3.63) is 70.6 Å². The van der Waals surface area contributed by atoms with E-state index in [4.69, 9.17) is 4.42 Å². The Morgan fingerprint density at radius 2 is 1.97 bits per heavy atom. The van der Waals surface area contributed by atoms with Crippen molar-refractivity contribution in [3.8, 4) is 22.2 Å². The molecule has 0 saturated carbocycles. The zero-order valence-corrected chi connectivity index (χ0v) is 16.8. The van der Waals surface area contributed by atoms with Gasteiger partial charge in [-0.2, -0.15) is 0 Å². The van der Waals surface area contributed by atoms with Gasteiger partial charge in [-0.15, -0.1) is 21.5 Å². The lowest BCUT2D eigenvalue weighted by molar-refractivity contribution is -0.121. The van der Waals surface area contributed by atoms with Crippen molar-refractivity contribution in [1.82, 2.24) is 20.1 Å². The third-order valence-corrected chi connectivity index (χ3v) is 5.55. The number of aromatic nitrogens is 3. The Bertz CT molecular complexity index is 1150. The Hall–Kier alpha value is -3.26. The summed E-state index contributed by atoms with van der Waals surface area (Å²) in [4.78, 5) is 13.3. The van der Waals surface area contributed by atoms with E-state index in [1.54, 1.807) is 18.2 Å². The molecule has 0 aliphatic heterocycles. The van der Waals surface area contributed by atoms with Crippen LogP contribution in [0.15, 0.2) is 52.3 Å². The van der Waals surface area contributed by atoms with Gasteiger partial charge >= 0.3 is 0 Å². The highest BCUT2D eigenvalue weighted by Gasteiger charge is 2.18. The van der Waals surface area contributed by atoms with Crippen molar-refractivity contribution in [2.45, 2.75) is 26.9 Å². The quantitative estimate of drug-likeness (QED) is 0.513. The fraction of sp³-hybridized carbons (Fsp3) is 0.190. The fourth-order valence-corrected chi connectivity index (χ4v) is 3.77. The molecule has 0 spiro atoms. The molecule has 6 nitrogen and oxygen atoms in total. The van der Waals surface area contributed by atoms with Crippen LogP contribution in [-0.2, 0) is 17.9 Å². The van der Waals surface area contributed by atoms with Crippen LogP contribution >= 0.6 is 11.3 Å². The van der Waals surface area contributed by atoms with Crippen LogP contribution in [0, 0.1) is 19.7 Å². The van der Waals surface area contributed by atoms with Crippen LogP contribution in [0.25, 0.3) is 22.2 Å². The van der Waals surface area contributed by atoms with E-state index in [1.165, 1.54) is 17.4 Å². The van der Waals surface area contributed by atoms with E-state index in [-0.39, 0.29) is 24.8 Å². The lowest BCUT2D eigenvalue weighted by atomic mass is 10.2. The van der Waals surface area contributed by atoms with E-state index < -0.39 is 0 Å². The van der Waals surface area contributed by atoms with E-state index in [2.05, 4.69) is 15.5 Å². The van der Waals surface area contributed by atoms with E-state index in [1.807, 2.05) is 42.0 Å². The van der Waals surface area contributed by atoms with Gasteiger partial charge in [-0.3, -0.25) is 4.79 Å². The maximum Gasteiger partial charge on any atom is 0.258 e. The molecule has 0 fully saturated rings. The average molecular weight is 410 g/mol. The number of benzene rings is 1. The first-order valence-corrected chi connectivity index (χ1v) is 9.95. The van der Waals surface area contributed by atoms with Gasteiger partial charge in [0.1, 0.15) is 12.4 Å². The second-order valence-electron chi connectivity index (χ2n) is 6.63. The maximum absolute atomic E-state index is 13.7. The molecule has 148 valence electrons. The number of halogens is 1. The Morgan fingerprint density at radius 3 is 2.72 bits per heavy atom. The molecule has 1 N–H and O–H groups in total. The Kier molecular flexibility index (Phi) is 5.26. The minimum absolute atomic E-state index is 0.123. The molecule has 1 amide bonds. The largest absolute Gasteiger partial charge is 0.415 e. The molecule has 4 aromatic rings. The second kappa shape index (κ2) is 8.00. The molecule has 0 aliphatic rings. The zero-order chi connectivity index (χ0) is 20.4. The van der Waals surface area contributed by atoms with Crippen molar-refractivity contribution in [2.75, 3.05) is 0 Å². The molecule has 29 heavy (non-hydrogen) atoms. The van der Waals surface area contributed by atoms with Gasteiger partial charge in [0.25, 0.3) is 5.89 Å². The number of rotatable bonds is 6. The number of aryl methyl sites for hydroxylation is 1. The van der Waals surface area contributed by atoms with E-state index in [0.29, 0.717) is 17.3 Å². The number of hydrogen-bond donors (Lipinski definition) is 1. The summed E-state index contributed by atoms with van der Waals surface area (Å²) in [5.41, 5.74) is 2.99. The molecular weight excluding hydrogens is 391 g/mol. The van der Waals surface area contributed by atoms with Crippen molar-refractivity contribution in [3.63, 3.8) is 0 Å². The lowest BCUT2D eigenvalue weighted by Crippen LogP contribution is -2.28. The summed E-state index contributed by atoms with van der Waals surface area (Å²) >= 11 is 1.53. The van der Waals surface area contributed by atoms with Gasteiger partial charge in [0, 0.05) is 23.5 Å². The summed E-state index contributed by atoms with van der Waals surface area (Å²) in [7, 11) is 0. The van der Waals surface area contributed by atoms with Crippen LogP contribution < -0.4 is 5.32 Å². The highest BCUT2D eigenvalue weighted by molar-refractivity contribution is 7.13. The van der Waals surface area contributed by atoms with Crippen LogP contribution in [0.1, 0.15) is 17.0 Å². The van der Waals surface area contributed by atoms with Gasteiger partial charge in [0.15, 0.2) is 0 Å². The molecule has 3 heterocycles. The monoisotopic (exact) mass is 410 g/mol. The van der Waals surface area contributed by atoms with Crippen LogP contribution in [-0.4, -0.2) is 20.7 Å². The Labute approximate surface area is 171 Å². The summed E-state index contributed by atoms with van der Waals surface area (Å²) in [6.07, 6.45) is 0. The first-order chi connectivity index (χ1) is 14.0.